The highest BCUT2D eigenvalue weighted by Gasteiger charge is 2.25. The van der Waals surface area contributed by atoms with Crippen LogP contribution >= 0.6 is 0 Å². The number of ether oxygens (including phenoxy) is 3. The minimum absolute atomic E-state index is 0.0679. The second-order valence-electron chi connectivity index (χ2n) is 8.41. The maximum absolute atomic E-state index is 12.2. The summed E-state index contributed by atoms with van der Waals surface area (Å²) in [5.41, 5.74) is 2.69. The first-order valence-corrected chi connectivity index (χ1v) is 11.5. The number of rotatable bonds is 5. The topological polar surface area (TPSA) is 85.8 Å². The molecule has 8 heteroatoms. The van der Waals surface area contributed by atoms with Gasteiger partial charge in [0, 0.05) is 43.3 Å². The zero-order chi connectivity index (χ0) is 22.5. The Morgan fingerprint density at radius 1 is 1.00 bits per heavy atom. The smallest absolute Gasteiger partial charge is 0.412 e. The van der Waals surface area contributed by atoms with Crippen LogP contribution in [0.25, 0.3) is 11.0 Å². The third kappa shape index (κ3) is 5.34. The first kappa shape index (κ1) is 21.5. The molecular weight excluding hydrogens is 420 g/mol. The summed E-state index contributed by atoms with van der Waals surface area (Å²) in [5.74, 6) is 1.31. The molecular formula is C25H28N4O4. The molecule has 0 unspecified atom stereocenters. The molecule has 1 saturated carbocycles. The predicted octanol–water partition coefficient (Wildman–Crippen LogP) is 3.95. The fourth-order valence-corrected chi connectivity index (χ4v) is 4.42. The molecule has 1 aliphatic heterocycles. The van der Waals surface area contributed by atoms with Crippen molar-refractivity contribution in [3.63, 3.8) is 0 Å². The lowest BCUT2D eigenvalue weighted by Crippen LogP contribution is -2.41. The van der Waals surface area contributed by atoms with Gasteiger partial charge in [-0.15, -0.1) is 0 Å². The number of morpholine rings is 1. The number of benzene rings is 2. The molecule has 2 aliphatic rings. The van der Waals surface area contributed by atoms with Gasteiger partial charge in [-0.2, -0.15) is 0 Å². The highest BCUT2D eigenvalue weighted by molar-refractivity contribution is 5.85. The number of nitrogens with one attached hydrogen (secondary N) is 1. The molecule has 1 saturated heterocycles. The van der Waals surface area contributed by atoms with Gasteiger partial charge in [0.25, 0.3) is 0 Å². The summed E-state index contributed by atoms with van der Waals surface area (Å²) in [5, 5.41) is 2.98. The number of amides is 1. The molecule has 172 valence electrons. The maximum Gasteiger partial charge on any atom is 0.412 e. The van der Waals surface area contributed by atoms with E-state index in [1.54, 1.807) is 24.5 Å². The van der Waals surface area contributed by atoms with Crippen molar-refractivity contribution in [1.29, 1.82) is 0 Å². The van der Waals surface area contributed by atoms with E-state index in [4.69, 9.17) is 14.2 Å². The minimum atomic E-state index is -0.412. The Bertz CT molecular complexity index is 1080. The Hall–Kier alpha value is -3.39. The van der Waals surface area contributed by atoms with Crippen molar-refractivity contribution in [1.82, 2.24) is 15.3 Å². The van der Waals surface area contributed by atoms with Crippen LogP contribution in [0.4, 0.5) is 10.5 Å². The van der Waals surface area contributed by atoms with Crippen LogP contribution in [0.3, 0.4) is 0 Å². The van der Waals surface area contributed by atoms with Crippen LogP contribution in [0.2, 0.25) is 0 Å². The number of carbonyl (C=O) groups is 1. The number of aromatic nitrogens is 2. The molecule has 8 nitrogen and oxygen atoms in total. The van der Waals surface area contributed by atoms with E-state index in [1.165, 1.54) is 0 Å². The molecule has 3 aromatic rings. The van der Waals surface area contributed by atoms with Crippen LogP contribution in [0.15, 0.2) is 54.9 Å². The van der Waals surface area contributed by atoms with Gasteiger partial charge in [-0.1, -0.05) is 18.2 Å². The first-order valence-electron chi connectivity index (χ1n) is 11.5. The molecule has 0 bridgehead atoms. The maximum atomic E-state index is 12.2. The number of carbonyl (C=O) groups excluding carboxylic acids is 1. The van der Waals surface area contributed by atoms with Crippen molar-refractivity contribution in [3.05, 3.63) is 54.9 Å². The second-order valence-corrected chi connectivity index (χ2v) is 8.41. The average Bonchev–Trinajstić information content (AvgIpc) is 2.86. The fraction of sp³-hybridized carbons (Fsp3) is 0.400. The van der Waals surface area contributed by atoms with Crippen LogP contribution in [0.5, 0.6) is 11.5 Å². The highest BCUT2D eigenvalue weighted by atomic mass is 16.6. The number of para-hydroxylation sites is 1. The van der Waals surface area contributed by atoms with E-state index in [-0.39, 0.29) is 12.1 Å². The number of nitrogens with zero attached hydrogens (tertiary/aromatic N) is 3. The van der Waals surface area contributed by atoms with Gasteiger partial charge in [0.2, 0.25) is 0 Å². The minimum Gasteiger partial charge on any atom is -0.488 e. The van der Waals surface area contributed by atoms with Gasteiger partial charge in [0.1, 0.15) is 17.0 Å². The molecule has 2 fully saturated rings. The Morgan fingerprint density at radius 3 is 2.55 bits per heavy atom. The monoisotopic (exact) mass is 448 g/mol. The first-order chi connectivity index (χ1) is 16.2. The fourth-order valence-electron chi connectivity index (χ4n) is 4.42. The zero-order valence-electron chi connectivity index (χ0n) is 18.5. The molecule has 0 atom stereocenters. The van der Waals surface area contributed by atoms with Crippen LogP contribution < -0.4 is 19.7 Å². The molecule has 1 N–H and O–H groups in total. The highest BCUT2D eigenvalue weighted by Crippen LogP contribution is 2.33. The van der Waals surface area contributed by atoms with Gasteiger partial charge < -0.3 is 24.4 Å². The van der Waals surface area contributed by atoms with E-state index < -0.39 is 6.09 Å². The normalized spacial score (nSPS) is 20.9. The SMILES string of the molecule is O=C(NC1CCC(Oc2cc(N3CCOCC3)cc3nccnc23)CC1)Oc1ccccc1. The molecule has 5 rings (SSSR count). The Kier molecular flexibility index (Phi) is 6.53. The van der Waals surface area contributed by atoms with Crippen LogP contribution in [0, 0.1) is 0 Å². The van der Waals surface area contributed by atoms with E-state index in [9.17, 15) is 4.79 Å². The van der Waals surface area contributed by atoms with Crippen LogP contribution in [0.1, 0.15) is 25.7 Å². The summed E-state index contributed by atoms with van der Waals surface area (Å²) in [7, 11) is 0. The Morgan fingerprint density at radius 2 is 1.76 bits per heavy atom. The van der Waals surface area contributed by atoms with Gasteiger partial charge in [-0.05, 0) is 43.9 Å². The lowest BCUT2D eigenvalue weighted by molar-refractivity contribution is 0.122. The van der Waals surface area contributed by atoms with E-state index in [0.717, 1.165) is 74.5 Å². The summed E-state index contributed by atoms with van der Waals surface area (Å²) in [4.78, 5) is 23.5. The third-order valence-electron chi connectivity index (χ3n) is 6.14. The zero-order valence-corrected chi connectivity index (χ0v) is 18.5. The Balaban J connectivity index is 1.21. The van der Waals surface area contributed by atoms with E-state index in [1.807, 2.05) is 18.2 Å². The summed E-state index contributed by atoms with van der Waals surface area (Å²) < 4.78 is 17.3. The van der Waals surface area contributed by atoms with E-state index in [0.29, 0.717) is 5.75 Å². The predicted molar refractivity (Wildman–Crippen MR) is 125 cm³/mol. The molecule has 0 radical (unpaired) electrons. The lowest BCUT2D eigenvalue weighted by Gasteiger charge is -2.31. The lowest BCUT2D eigenvalue weighted by atomic mass is 9.93. The van der Waals surface area contributed by atoms with Gasteiger partial charge in [0.15, 0.2) is 0 Å². The molecule has 0 spiro atoms. The van der Waals surface area contributed by atoms with Gasteiger partial charge >= 0.3 is 6.09 Å². The summed E-state index contributed by atoms with van der Waals surface area (Å²) in [6.45, 7) is 3.14. The second kappa shape index (κ2) is 10.0. The van der Waals surface area contributed by atoms with E-state index >= 15 is 0 Å². The molecule has 2 heterocycles. The summed E-state index contributed by atoms with van der Waals surface area (Å²) in [6, 6.07) is 13.3. The van der Waals surface area contributed by atoms with Gasteiger partial charge in [0.05, 0.1) is 24.8 Å². The molecule has 1 amide bonds. The van der Waals surface area contributed by atoms with Crippen LogP contribution in [-0.4, -0.2) is 54.5 Å². The number of fused-ring (bicyclic) bond motifs is 1. The number of hydrogen-bond donors (Lipinski definition) is 1. The molecule has 1 aliphatic carbocycles. The Labute approximate surface area is 192 Å². The van der Waals surface area contributed by atoms with Gasteiger partial charge in [-0.25, -0.2) is 9.78 Å². The largest absolute Gasteiger partial charge is 0.488 e. The molecule has 2 aromatic carbocycles. The quantitative estimate of drug-likeness (QED) is 0.633. The van der Waals surface area contributed by atoms with Crippen molar-refractivity contribution in [3.8, 4) is 11.5 Å². The van der Waals surface area contributed by atoms with Gasteiger partial charge in [-0.3, -0.25) is 4.98 Å². The van der Waals surface area contributed by atoms with Crippen molar-refractivity contribution < 1.29 is 19.0 Å². The summed E-state index contributed by atoms with van der Waals surface area (Å²) in [6.07, 6.45) is 6.43. The number of anilines is 1. The van der Waals surface area contributed by atoms with Crippen LogP contribution in [-0.2, 0) is 4.74 Å². The van der Waals surface area contributed by atoms with Crippen molar-refractivity contribution in [2.45, 2.75) is 37.8 Å². The van der Waals surface area contributed by atoms with Crippen molar-refractivity contribution in [2.24, 2.45) is 0 Å². The number of hydrogen-bond acceptors (Lipinski definition) is 7. The van der Waals surface area contributed by atoms with Crippen molar-refractivity contribution in [2.75, 3.05) is 31.2 Å². The standard InChI is InChI=1S/C25H28N4O4/c30-25(33-20-4-2-1-3-5-20)28-18-6-8-21(9-7-18)32-23-17-19(29-12-14-31-15-13-29)16-22-24(23)27-11-10-26-22/h1-5,10-11,16-18,21H,6-9,12-15H2,(H,28,30). The third-order valence-corrected chi connectivity index (χ3v) is 6.14. The van der Waals surface area contributed by atoms with E-state index in [2.05, 4.69) is 32.3 Å². The summed E-state index contributed by atoms with van der Waals surface area (Å²) >= 11 is 0. The van der Waals surface area contributed by atoms with Crippen molar-refractivity contribution >= 4 is 22.8 Å². The molecule has 1 aromatic heterocycles. The average molecular weight is 449 g/mol. The molecule has 33 heavy (non-hydrogen) atoms.